The number of unbranched alkanes of at least 4 members (excludes halogenated alkanes) is 2. The molecule has 0 amide bonds. The van der Waals surface area contributed by atoms with E-state index in [1.54, 1.807) is 13.1 Å². The number of thiazole rings is 1. The zero-order chi connectivity index (χ0) is 11.1. The number of aromatic nitrogens is 1. The highest BCUT2D eigenvalue weighted by molar-refractivity contribution is 7.13. The number of ether oxygens (including phenoxy) is 1. The second-order valence-electron chi connectivity index (χ2n) is 3.31. The van der Waals surface area contributed by atoms with Gasteiger partial charge < -0.3 is 4.74 Å². The van der Waals surface area contributed by atoms with Gasteiger partial charge in [-0.3, -0.25) is 0 Å². The summed E-state index contributed by atoms with van der Waals surface area (Å²) in [5, 5.41) is 0.475. The van der Waals surface area contributed by atoms with Crippen molar-refractivity contribution in [1.82, 2.24) is 4.98 Å². The summed E-state index contributed by atoms with van der Waals surface area (Å²) in [7, 11) is 0. The Hall–Kier alpha value is -0.900. The molecule has 0 spiro atoms. The van der Waals surface area contributed by atoms with Crippen LogP contribution in [0.2, 0.25) is 0 Å². The lowest BCUT2D eigenvalue weighted by atomic mass is 10.2. The molecule has 0 aromatic carbocycles. The lowest BCUT2D eigenvalue weighted by molar-refractivity contribution is 0.0526. The maximum Gasteiger partial charge on any atom is 0.367 e. The van der Waals surface area contributed by atoms with Crippen LogP contribution in [0.3, 0.4) is 0 Å². The van der Waals surface area contributed by atoms with Gasteiger partial charge in [0.05, 0.1) is 6.61 Å². The average Bonchev–Trinajstić information content (AvgIpc) is 2.67. The number of carbonyl (C=O) groups excluding carboxylic acids is 1. The maximum atomic E-state index is 11.3. The van der Waals surface area contributed by atoms with Crippen LogP contribution in [-0.4, -0.2) is 17.6 Å². The van der Waals surface area contributed by atoms with Gasteiger partial charge in [-0.1, -0.05) is 19.8 Å². The standard InChI is InChI=1S/C11H17NO2S/c1-3-5-6-7-9-8-12-10(15-9)11(13)14-4-2/h8H,3-7H2,1-2H3. The van der Waals surface area contributed by atoms with Crippen molar-refractivity contribution in [2.24, 2.45) is 0 Å². The quantitative estimate of drug-likeness (QED) is 0.554. The molecule has 0 fully saturated rings. The fourth-order valence-electron chi connectivity index (χ4n) is 1.26. The van der Waals surface area contributed by atoms with Crippen molar-refractivity contribution in [1.29, 1.82) is 0 Å². The Morgan fingerprint density at radius 3 is 2.93 bits per heavy atom. The van der Waals surface area contributed by atoms with Crippen LogP contribution in [0.1, 0.15) is 47.8 Å². The van der Waals surface area contributed by atoms with E-state index >= 15 is 0 Å². The highest BCUT2D eigenvalue weighted by atomic mass is 32.1. The van der Waals surface area contributed by atoms with E-state index in [2.05, 4.69) is 11.9 Å². The van der Waals surface area contributed by atoms with Gasteiger partial charge in [0.15, 0.2) is 0 Å². The predicted molar refractivity (Wildman–Crippen MR) is 61.3 cm³/mol. The van der Waals surface area contributed by atoms with Crippen LogP contribution in [-0.2, 0) is 11.2 Å². The van der Waals surface area contributed by atoms with Crippen molar-refractivity contribution in [3.63, 3.8) is 0 Å². The van der Waals surface area contributed by atoms with Gasteiger partial charge in [0.2, 0.25) is 5.01 Å². The van der Waals surface area contributed by atoms with E-state index in [1.807, 2.05) is 0 Å². The van der Waals surface area contributed by atoms with Crippen LogP contribution >= 0.6 is 11.3 Å². The largest absolute Gasteiger partial charge is 0.461 e. The average molecular weight is 227 g/mol. The molecule has 0 saturated carbocycles. The minimum Gasteiger partial charge on any atom is -0.461 e. The van der Waals surface area contributed by atoms with Crippen LogP contribution in [0, 0.1) is 0 Å². The van der Waals surface area contributed by atoms with Crippen LogP contribution in [0.15, 0.2) is 6.20 Å². The summed E-state index contributed by atoms with van der Waals surface area (Å²) < 4.78 is 4.88. The van der Waals surface area contributed by atoms with Crippen LogP contribution < -0.4 is 0 Å². The number of aryl methyl sites for hydroxylation is 1. The molecular weight excluding hydrogens is 210 g/mol. The third kappa shape index (κ3) is 4.00. The number of rotatable bonds is 6. The molecule has 0 atom stereocenters. The topological polar surface area (TPSA) is 39.2 Å². The van der Waals surface area contributed by atoms with Gasteiger partial charge in [-0.25, -0.2) is 9.78 Å². The fraction of sp³-hybridized carbons (Fsp3) is 0.636. The van der Waals surface area contributed by atoms with E-state index in [1.165, 1.54) is 35.5 Å². The lowest BCUT2D eigenvalue weighted by Crippen LogP contribution is -2.03. The van der Waals surface area contributed by atoms with Crippen LogP contribution in [0.5, 0.6) is 0 Å². The molecule has 0 unspecified atom stereocenters. The first kappa shape index (κ1) is 12.2. The van der Waals surface area contributed by atoms with Crippen LogP contribution in [0.4, 0.5) is 0 Å². The molecular formula is C11H17NO2S. The minimum atomic E-state index is -0.302. The molecule has 0 saturated heterocycles. The van der Waals surface area contributed by atoms with Gasteiger partial charge in [0, 0.05) is 11.1 Å². The second-order valence-corrected chi connectivity index (χ2v) is 4.42. The van der Waals surface area contributed by atoms with Crippen molar-refractivity contribution in [2.75, 3.05) is 6.61 Å². The number of carbonyl (C=O) groups is 1. The Bertz CT molecular complexity index is 309. The zero-order valence-electron chi connectivity index (χ0n) is 9.28. The van der Waals surface area contributed by atoms with Crippen molar-refractivity contribution in [3.05, 3.63) is 16.1 Å². The number of hydrogen-bond acceptors (Lipinski definition) is 4. The number of nitrogens with zero attached hydrogens (tertiary/aromatic N) is 1. The molecule has 1 rings (SSSR count). The van der Waals surface area contributed by atoms with E-state index < -0.39 is 0 Å². The molecule has 0 aliphatic heterocycles. The third-order valence-electron chi connectivity index (χ3n) is 2.03. The van der Waals surface area contributed by atoms with Gasteiger partial charge in [0.1, 0.15) is 0 Å². The normalized spacial score (nSPS) is 10.3. The Morgan fingerprint density at radius 2 is 2.27 bits per heavy atom. The van der Waals surface area contributed by atoms with E-state index in [0.717, 1.165) is 6.42 Å². The van der Waals surface area contributed by atoms with Crippen molar-refractivity contribution >= 4 is 17.3 Å². The van der Waals surface area contributed by atoms with Crippen molar-refractivity contribution in [2.45, 2.75) is 39.5 Å². The van der Waals surface area contributed by atoms with Gasteiger partial charge >= 0.3 is 5.97 Å². The molecule has 0 aliphatic carbocycles. The Balaban J connectivity index is 2.45. The monoisotopic (exact) mass is 227 g/mol. The number of esters is 1. The van der Waals surface area contributed by atoms with Crippen molar-refractivity contribution in [3.8, 4) is 0 Å². The van der Waals surface area contributed by atoms with E-state index in [-0.39, 0.29) is 5.97 Å². The molecule has 1 heterocycles. The first-order chi connectivity index (χ1) is 7.27. The molecule has 1 aromatic rings. The third-order valence-corrected chi connectivity index (χ3v) is 3.07. The Labute approximate surface area is 94.5 Å². The molecule has 1 aromatic heterocycles. The van der Waals surface area contributed by atoms with Gasteiger partial charge in [-0.2, -0.15) is 0 Å². The van der Waals surface area contributed by atoms with Gasteiger partial charge in [0.25, 0.3) is 0 Å². The Kier molecular flexibility index (Phi) is 5.32. The predicted octanol–water partition coefficient (Wildman–Crippen LogP) is 3.05. The van der Waals surface area contributed by atoms with Crippen LogP contribution in [0.25, 0.3) is 0 Å². The summed E-state index contributed by atoms with van der Waals surface area (Å²) in [6, 6.07) is 0. The SMILES string of the molecule is CCCCCc1cnc(C(=O)OCC)s1. The van der Waals surface area contributed by atoms with Gasteiger partial charge in [-0.05, 0) is 19.8 Å². The first-order valence-corrected chi connectivity index (χ1v) is 6.21. The summed E-state index contributed by atoms with van der Waals surface area (Å²) in [6.07, 6.45) is 6.41. The molecule has 0 bridgehead atoms. The first-order valence-electron chi connectivity index (χ1n) is 5.39. The molecule has 84 valence electrons. The smallest absolute Gasteiger partial charge is 0.367 e. The summed E-state index contributed by atoms with van der Waals surface area (Å²) in [5.74, 6) is -0.302. The molecule has 3 nitrogen and oxygen atoms in total. The molecule has 0 aliphatic rings. The van der Waals surface area contributed by atoms with E-state index in [4.69, 9.17) is 4.74 Å². The molecule has 0 N–H and O–H groups in total. The summed E-state index contributed by atoms with van der Waals surface area (Å²) in [4.78, 5) is 16.5. The Morgan fingerprint density at radius 1 is 1.47 bits per heavy atom. The highest BCUT2D eigenvalue weighted by Gasteiger charge is 2.11. The highest BCUT2D eigenvalue weighted by Crippen LogP contribution is 2.16. The molecule has 4 heteroatoms. The summed E-state index contributed by atoms with van der Waals surface area (Å²) in [6.45, 7) is 4.38. The van der Waals surface area contributed by atoms with Crippen molar-refractivity contribution < 1.29 is 9.53 Å². The second kappa shape index (κ2) is 6.56. The fourth-order valence-corrected chi connectivity index (χ4v) is 2.11. The number of hydrogen-bond donors (Lipinski definition) is 0. The maximum absolute atomic E-state index is 11.3. The zero-order valence-corrected chi connectivity index (χ0v) is 10.1. The minimum absolute atomic E-state index is 0.302. The summed E-state index contributed by atoms with van der Waals surface area (Å²) >= 11 is 1.45. The molecule has 0 radical (unpaired) electrons. The van der Waals surface area contributed by atoms with Gasteiger partial charge in [-0.15, -0.1) is 11.3 Å². The summed E-state index contributed by atoms with van der Waals surface area (Å²) in [5.41, 5.74) is 0. The molecule has 15 heavy (non-hydrogen) atoms. The lowest BCUT2D eigenvalue weighted by Gasteiger charge is -1.96. The van der Waals surface area contributed by atoms with E-state index in [9.17, 15) is 4.79 Å². The van der Waals surface area contributed by atoms with E-state index in [0.29, 0.717) is 11.6 Å².